The van der Waals surface area contributed by atoms with Crippen LogP contribution < -0.4 is 4.72 Å². The van der Waals surface area contributed by atoms with E-state index in [4.69, 9.17) is 4.52 Å². The third-order valence-electron chi connectivity index (χ3n) is 4.34. The van der Waals surface area contributed by atoms with Gasteiger partial charge in [0.05, 0.1) is 10.6 Å². The molecule has 3 rings (SSSR count). The van der Waals surface area contributed by atoms with Gasteiger partial charge in [-0.1, -0.05) is 54.5 Å². The van der Waals surface area contributed by atoms with Crippen LogP contribution in [0.15, 0.2) is 64.0 Å². The fraction of sp³-hybridized carbons (Fsp3) is 0.250. The first-order chi connectivity index (χ1) is 12.4. The molecule has 0 saturated heterocycles. The van der Waals surface area contributed by atoms with E-state index in [-0.39, 0.29) is 10.8 Å². The normalized spacial score (nSPS) is 12.9. The van der Waals surface area contributed by atoms with Crippen molar-refractivity contribution < 1.29 is 12.9 Å². The lowest BCUT2D eigenvalue weighted by Crippen LogP contribution is -2.28. The zero-order valence-corrected chi connectivity index (χ0v) is 15.9. The Hall–Kier alpha value is -2.44. The highest BCUT2D eigenvalue weighted by Crippen LogP contribution is 2.26. The largest absolute Gasteiger partial charge is 0.356 e. The summed E-state index contributed by atoms with van der Waals surface area (Å²) in [6.07, 6.45) is 0. The molecule has 0 saturated carbocycles. The van der Waals surface area contributed by atoms with Gasteiger partial charge in [-0.25, -0.2) is 13.1 Å². The number of aromatic nitrogens is 1. The third-order valence-corrected chi connectivity index (χ3v) is 5.90. The lowest BCUT2D eigenvalue weighted by molar-refractivity contribution is 0.427. The van der Waals surface area contributed by atoms with Crippen molar-refractivity contribution in [1.29, 1.82) is 0 Å². The van der Waals surface area contributed by atoms with Crippen LogP contribution in [0.2, 0.25) is 0 Å². The van der Waals surface area contributed by atoms with Crippen LogP contribution in [0.4, 0.5) is 0 Å². The van der Waals surface area contributed by atoms with E-state index in [2.05, 4.69) is 9.88 Å². The van der Waals surface area contributed by atoms with Gasteiger partial charge >= 0.3 is 0 Å². The lowest BCUT2D eigenvalue weighted by atomic mass is 10.0. The fourth-order valence-electron chi connectivity index (χ4n) is 2.75. The molecule has 26 heavy (non-hydrogen) atoms. The zero-order chi connectivity index (χ0) is 18.7. The summed E-state index contributed by atoms with van der Waals surface area (Å²) in [4.78, 5) is 0.254. The Morgan fingerprint density at radius 1 is 1.08 bits per heavy atom. The van der Waals surface area contributed by atoms with E-state index < -0.39 is 10.0 Å². The molecule has 1 N–H and O–H groups in total. The molecule has 1 heterocycles. The van der Waals surface area contributed by atoms with Crippen molar-refractivity contribution in [2.45, 2.75) is 31.6 Å². The van der Waals surface area contributed by atoms with Crippen LogP contribution in [0.3, 0.4) is 0 Å². The van der Waals surface area contributed by atoms with E-state index in [1.54, 1.807) is 25.1 Å². The molecule has 6 heteroatoms. The number of aryl methyl sites for hydroxylation is 2. The van der Waals surface area contributed by atoms with Gasteiger partial charge < -0.3 is 4.52 Å². The molecule has 0 radical (unpaired) electrons. The van der Waals surface area contributed by atoms with Crippen molar-refractivity contribution in [3.05, 3.63) is 71.4 Å². The van der Waals surface area contributed by atoms with E-state index in [0.717, 1.165) is 11.3 Å². The molecule has 0 bridgehead atoms. The molecule has 1 atom stereocenters. The first-order valence-electron chi connectivity index (χ1n) is 8.46. The first kappa shape index (κ1) is 18.4. The summed E-state index contributed by atoms with van der Waals surface area (Å²) in [6.45, 7) is 5.94. The summed E-state index contributed by atoms with van der Waals surface area (Å²) in [5, 5.41) is 3.86. The van der Waals surface area contributed by atoms with Crippen molar-refractivity contribution in [1.82, 2.24) is 9.88 Å². The van der Waals surface area contributed by atoms with E-state index in [0.29, 0.717) is 23.4 Å². The van der Waals surface area contributed by atoms with Gasteiger partial charge in [-0.15, -0.1) is 0 Å². The van der Waals surface area contributed by atoms with Gasteiger partial charge in [0.15, 0.2) is 5.76 Å². The summed E-state index contributed by atoms with van der Waals surface area (Å²) < 4.78 is 33.6. The SMILES string of the molecule is Cc1cc(-c2ccc(C)c(S(=O)(=O)NCC(C)c3ccccc3)c2)on1. The molecule has 0 aliphatic heterocycles. The Balaban J connectivity index is 1.82. The van der Waals surface area contributed by atoms with Crippen LogP contribution in [0, 0.1) is 13.8 Å². The van der Waals surface area contributed by atoms with E-state index >= 15 is 0 Å². The topological polar surface area (TPSA) is 72.2 Å². The highest BCUT2D eigenvalue weighted by Gasteiger charge is 2.20. The molecule has 2 aromatic carbocycles. The van der Waals surface area contributed by atoms with Gasteiger partial charge in [0, 0.05) is 18.2 Å². The van der Waals surface area contributed by atoms with E-state index in [1.165, 1.54) is 0 Å². The van der Waals surface area contributed by atoms with Gasteiger partial charge in [0.25, 0.3) is 0 Å². The minimum atomic E-state index is -3.63. The third kappa shape index (κ3) is 4.03. The number of hydrogen-bond donors (Lipinski definition) is 1. The molecule has 5 nitrogen and oxygen atoms in total. The highest BCUT2D eigenvalue weighted by atomic mass is 32.2. The van der Waals surface area contributed by atoms with Crippen molar-refractivity contribution in [3.8, 4) is 11.3 Å². The van der Waals surface area contributed by atoms with Gasteiger partial charge in [0.2, 0.25) is 10.0 Å². The predicted molar refractivity (Wildman–Crippen MR) is 101 cm³/mol. The van der Waals surface area contributed by atoms with Gasteiger partial charge in [0.1, 0.15) is 0 Å². The maximum absolute atomic E-state index is 12.8. The maximum Gasteiger partial charge on any atom is 0.240 e. The second-order valence-electron chi connectivity index (χ2n) is 6.48. The average molecular weight is 370 g/mol. The number of sulfonamides is 1. The molecule has 0 amide bonds. The number of benzene rings is 2. The average Bonchev–Trinajstić information content (AvgIpc) is 3.07. The Labute approximate surface area is 154 Å². The van der Waals surface area contributed by atoms with Crippen molar-refractivity contribution >= 4 is 10.0 Å². The molecule has 0 aliphatic rings. The quantitative estimate of drug-likeness (QED) is 0.711. The molecule has 3 aromatic rings. The minimum absolute atomic E-state index is 0.0754. The summed E-state index contributed by atoms with van der Waals surface area (Å²) in [6, 6.07) is 16.9. The Morgan fingerprint density at radius 2 is 1.81 bits per heavy atom. The fourth-order valence-corrected chi connectivity index (χ4v) is 4.15. The number of nitrogens with zero attached hydrogens (tertiary/aromatic N) is 1. The van der Waals surface area contributed by atoms with E-state index in [1.807, 2.05) is 50.2 Å². The van der Waals surface area contributed by atoms with Gasteiger partial charge in [-0.2, -0.15) is 0 Å². The number of nitrogens with one attached hydrogen (secondary N) is 1. The number of rotatable bonds is 6. The van der Waals surface area contributed by atoms with Gasteiger partial charge in [-0.3, -0.25) is 0 Å². The second-order valence-corrected chi connectivity index (χ2v) is 8.21. The summed E-state index contributed by atoms with van der Waals surface area (Å²) >= 11 is 0. The molecule has 136 valence electrons. The molecular formula is C20H22N2O3S. The minimum Gasteiger partial charge on any atom is -0.356 e. The molecule has 0 spiro atoms. The molecular weight excluding hydrogens is 348 g/mol. The smallest absolute Gasteiger partial charge is 0.240 e. The Kier molecular flexibility index (Phi) is 5.25. The predicted octanol–water partition coefficient (Wildman–Crippen LogP) is 4.04. The monoisotopic (exact) mass is 370 g/mol. The summed E-state index contributed by atoms with van der Waals surface area (Å²) in [7, 11) is -3.63. The molecule has 0 fully saturated rings. The van der Waals surface area contributed by atoms with E-state index in [9.17, 15) is 8.42 Å². The zero-order valence-electron chi connectivity index (χ0n) is 15.1. The molecule has 1 unspecified atom stereocenters. The van der Waals surface area contributed by atoms with Crippen molar-refractivity contribution in [2.75, 3.05) is 6.54 Å². The van der Waals surface area contributed by atoms with Crippen molar-refractivity contribution in [3.63, 3.8) is 0 Å². The van der Waals surface area contributed by atoms with Crippen LogP contribution in [0.1, 0.15) is 29.7 Å². The maximum atomic E-state index is 12.8. The molecule has 0 aliphatic carbocycles. The van der Waals surface area contributed by atoms with Crippen LogP contribution in [-0.2, 0) is 10.0 Å². The number of hydrogen-bond acceptors (Lipinski definition) is 4. The van der Waals surface area contributed by atoms with Crippen LogP contribution in [-0.4, -0.2) is 20.1 Å². The lowest BCUT2D eigenvalue weighted by Gasteiger charge is -2.15. The van der Waals surface area contributed by atoms with Crippen LogP contribution in [0.5, 0.6) is 0 Å². The standard InChI is InChI=1S/C20H22N2O3S/c1-14-9-10-18(19-11-16(3)22-25-19)12-20(14)26(23,24)21-13-15(2)17-7-5-4-6-8-17/h4-12,15,21H,13H2,1-3H3. The highest BCUT2D eigenvalue weighted by molar-refractivity contribution is 7.89. The summed E-state index contributed by atoms with van der Waals surface area (Å²) in [5.41, 5.74) is 3.22. The van der Waals surface area contributed by atoms with Crippen LogP contribution >= 0.6 is 0 Å². The van der Waals surface area contributed by atoms with Crippen molar-refractivity contribution in [2.24, 2.45) is 0 Å². The first-order valence-corrected chi connectivity index (χ1v) is 9.94. The second kappa shape index (κ2) is 7.43. The van der Waals surface area contributed by atoms with Crippen LogP contribution in [0.25, 0.3) is 11.3 Å². The summed E-state index contributed by atoms with van der Waals surface area (Å²) in [5.74, 6) is 0.628. The van der Waals surface area contributed by atoms with Gasteiger partial charge in [-0.05, 0) is 37.0 Å². The Bertz CT molecular complexity index is 995. The Morgan fingerprint density at radius 3 is 2.46 bits per heavy atom. The molecule has 1 aromatic heterocycles.